The van der Waals surface area contributed by atoms with Crippen LogP contribution in [-0.4, -0.2) is 23.9 Å². The van der Waals surface area contributed by atoms with Gasteiger partial charge in [-0.2, -0.15) is 0 Å². The number of nitrogens with one attached hydrogen (secondary N) is 1. The highest BCUT2D eigenvalue weighted by Crippen LogP contribution is 1.97. The average molecular weight is 247 g/mol. The fourth-order valence-corrected chi connectivity index (χ4v) is 1.00. The molecule has 0 fully saturated rings. The van der Waals surface area contributed by atoms with Crippen molar-refractivity contribution in [3.05, 3.63) is 0 Å². The molecule has 0 rings (SSSR count). The van der Waals surface area contributed by atoms with E-state index in [0.717, 1.165) is 0 Å². The van der Waals surface area contributed by atoms with Crippen molar-refractivity contribution in [2.24, 2.45) is 0 Å². The molecule has 0 aromatic carbocycles. The molecule has 6 heteroatoms. The van der Waals surface area contributed by atoms with Crippen LogP contribution in [0.4, 0.5) is 0 Å². The molecule has 0 spiro atoms. The number of carbonyl (C=O) groups excluding carboxylic acids is 3. The van der Waals surface area contributed by atoms with Crippen LogP contribution < -0.4 is 15.5 Å². The molecule has 102 valence electrons. The Labute approximate surface area is 102 Å². The summed E-state index contributed by atoms with van der Waals surface area (Å²) in [5.41, 5.74) is 0. The molecule has 0 unspecified atom stereocenters. The molecule has 0 heterocycles. The van der Waals surface area contributed by atoms with Gasteiger partial charge in [0.05, 0.1) is 12.0 Å². The zero-order valence-corrected chi connectivity index (χ0v) is 8.45. The van der Waals surface area contributed by atoms with Crippen molar-refractivity contribution in [1.29, 1.82) is 0 Å². The van der Waals surface area contributed by atoms with Crippen molar-refractivity contribution < 1.29 is 24.6 Å². The van der Waals surface area contributed by atoms with E-state index in [1.807, 2.05) is 0 Å². The Kier molecular flexibility index (Phi) is 13.3. The van der Waals surface area contributed by atoms with Gasteiger partial charge in [-0.1, -0.05) is 21.8 Å². The van der Waals surface area contributed by atoms with Crippen molar-refractivity contribution in [2.45, 2.75) is 53.5 Å². The van der Waals surface area contributed by atoms with E-state index in [2.05, 4.69) is 5.32 Å². The molecule has 0 saturated heterocycles. The lowest BCUT2D eigenvalue weighted by molar-refractivity contribution is -0.310. The van der Waals surface area contributed by atoms with E-state index in [9.17, 15) is 24.6 Å². The van der Waals surface area contributed by atoms with Crippen molar-refractivity contribution in [2.75, 3.05) is 0 Å². The first-order chi connectivity index (χ1) is 6.97. The lowest BCUT2D eigenvalue weighted by Crippen LogP contribution is -2.48. The number of hydrogen-bond donors (Lipinski definition) is 1. The number of carboxylic acids is 2. The average Bonchev–Trinajstić information content (AvgIpc) is 2.11. The molecule has 0 aromatic heterocycles. The maximum atomic E-state index is 11.0. The van der Waals surface area contributed by atoms with Crippen LogP contribution in [0.5, 0.6) is 0 Å². The minimum absolute atomic E-state index is 0. The highest BCUT2D eigenvalue weighted by Gasteiger charge is 2.12. The molecular formula is C11H21NO5-2. The molecule has 1 N–H and O–H groups in total. The van der Waals surface area contributed by atoms with Crippen molar-refractivity contribution in [3.63, 3.8) is 0 Å². The first-order valence-electron chi connectivity index (χ1n) is 4.67. The van der Waals surface area contributed by atoms with Crippen molar-refractivity contribution in [3.8, 4) is 0 Å². The van der Waals surface area contributed by atoms with Crippen molar-refractivity contribution in [1.82, 2.24) is 5.32 Å². The Morgan fingerprint density at radius 3 is 2.00 bits per heavy atom. The van der Waals surface area contributed by atoms with Crippen molar-refractivity contribution >= 4 is 17.8 Å². The molecule has 0 saturated carbocycles. The van der Waals surface area contributed by atoms with Crippen LogP contribution in [0.15, 0.2) is 0 Å². The molecule has 0 aliphatic rings. The van der Waals surface area contributed by atoms with E-state index in [1.165, 1.54) is 0 Å². The number of amides is 1. The van der Waals surface area contributed by atoms with Crippen LogP contribution in [0.2, 0.25) is 0 Å². The normalized spacial score (nSPS) is 10.4. The summed E-state index contributed by atoms with van der Waals surface area (Å²) in [6.45, 7) is 1.77. The summed E-state index contributed by atoms with van der Waals surface area (Å²) >= 11 is 0. The third-order valence-corrected chi connectivity index (χ3v) is 1.73. The van der Waals surface area contributed by atoms with E-state index in [1.54, 1.807) is 6.92 Å². The van der Waals surface area contributed by atoms with E-state index in [-0.39, 0.29) is 27.7 Å². The second-order valence-corrected chi connectivity index (χ2v) is 3.10. The number of carboxylic acid groups (broad SMARTS) is 2. The second-order valence-electron chi connectivity index (χ2n) is 3.10. The Morgan fingerprint density at radius 2 is 1.65 bits per heavy atom. The summed E-state index contributed by atoms with van der Waals surface area (Å²) in [4.78, 5) is 31.7. The maximum Gasteiger partial charge on any atom is 0.220 e. The quantitative estimate of drug-likeness (QED) is 0.609. The summed E-state index contributed by atoms with van der Waals surface area (Å²) in [6, 6.07) is -1.26. The lowest BCUT2D eigenvalue weighted by Gasteiger charge is -2.19. The molecule has 0 radical (unpaired) electrons. The molecule has 1 amide bonds. The zero-order chi connectivity index (χ0) is 11.8. The van der Waals surface area contributed by atoms with Crippen LogP contribution in [0, 0.1) is 0 Å². The minimum atomic E-state index is -1.49. The van der Waals surface area contributed by atoms with Gasteiger partial charge in [-0.25, -0.2) is 0 Å². The van der Waals surface area contributed by atoms with Gasteiger partial charge in [0.2, 0.25) is 5.91 Å². The van der Waals surface area contributed by atoms with Gasteiger partial charge in [0, 0.05) is 12.4 Å². The summed E-state index contributed by atoms with van der Waals surface area (Å²) < 4.78 is 0. The SMILES string of the molecule is C.C.CCCC(=O)N[C@@H](CCC(=O)[O-])C(=O)[O-]. The zero-order valence-electron chi connectivity index (χ0n) is 8.45. The minimum Gasteiger partial charge on any atom is -0.550 e. The van der Waals surface area contributed by atoms with Crippen LogP contribution in [0.25, 0.3) is 0 Å². The molecule has 0 aliphatic heterocycles. The molecule has 0 aliphatic carbocycles. The third-order valence-electron chi connectivity index (χ3n) is 1.73. The summed E-state index contributed by atoms with van der Waals surface area (Å²) in [7, 11) is 0. The van der Waals surface area contributed by atoms with Gasteiger partial charge < -0.3 is 25.1 Å². The fraction of sp³-hybridized carbons (Fsp3) is 0.727. The van der Waals surface area contributed by atoms with Gasteiger partial charge >= 0.3 is 0 Å². The number of carbonyl (C=O) groups is 3. The lowest BCUT2D eigenvalue weighted by atomic mass is 10.1. The van der Waals surface area contributed by atoms with Gasteiger partial charge in [0.15, 0.2) is 0 Å². The van der Waals surface area contributed by atoms with Gasteiger partial charge in [0.1, 0.15) is 0 Å². The van der Waals surface area contributed by atoms with E-state index < -0.39 is 30.3 Å². The first-order valence-corrected chi connectivity index (χ1v) is 4.67. The number of hydrogen-bond acceptors (Lipinski definition) is 5. The molecular weight excluding hydrogens is 226 g/mol. The summed E-state index contributed by atoms with van der Waals surface area (Å²) in [5, 5.41) is 22.8. The molecule has 1 atom stereocenters. The van der Waals surface area contributed by atoms with Gasteiger partial charge in [-0.05, 0) is 19.3 Å². The van der Waals surface area contributed by atoms with Gasteiger partial charge in [-0.3, -0.25) is 4.79 Å². The van der Waals surface area contributed by atoms with Gasteiger partial charge in [0.25, 0.3) is 0 Å². The molecule has 0 bridgehead atoms. The number of rotatable bonds is 7. The Hall–Kier alpha value is -1.59. The van der Waals surface area contributed by atoms with Gasteiger partial charge in [-0.15, -0.1) is 0 Å². The largest absolute Gasteiger partial charge is 0.550 e. The topological polar surface area (TPSA) is 109 Å². The molecule has 6 nitrogen and oxygen atoms in total. The monoisotopic (exact) mass is 247 g/mol. The van der Waals surface area contributed by atoms with E-state index >= 15 is 0 Å². The first kappa shape index (κ1) is 20.8. The predicted molar refractivity (Wildman–Crippen MR) is 59.5 cm³/mol. The van der Waals surface area contributed by atoms with Crippen LogP contribution >= 0.6 is 0 Å². The van der Waals surface area contributed by atoms with Crippen LogP contribution in [-0.2, 0) is 14.4 Å². The predicted octanol–water partition coefficient (Wildman–Crippen LogP) is -1.18. The Morgan fingerprint density at radius 1 is 1.12 bits per heavy atom. The Bertz CT molecular complexity index is 252. The Balaban J connectivity index is -0.000000980. The standard InChI is InChI=1S/C9H15NO5.2CH4/c1-2-3-7(11)10-6(9(14)15)4-5-8(12)13;;/h6H,2-5H2,1H3,(H,10,11)(H,12,13)(H,14,15);2*1H4/p-2/t6-;;/m0../s1. The smallest absolute Gasteiger partial charge is 0.220 e. The molecule has 17 heavy (non-hydrogen) atoms. The number of aliphatic carboxylic acids is 2. The molecule has 0 aromatic rings. The highest BCUT2D eigenvalue weighted by molar-refractivity contribution is 5.82. The maximum absolute atomic E-state index is 11.0. The van der Waals surface area contributed by atoms with E-state index in [0.29, 0.717) is 6.42 Å². The second kappa shape index (κ2) is 10.9. The third kappa shape index (κ3) is 10.7. The van der Waals surface area contributed by atoms with Crippen LogP contribution in [0.1, 0.15) is 47.5 Å². The van der Waals surface area contributed by atoms with E-state index in [4.69, 9.17) is 0 Å². The summed E-state index contributed by atoms with van der Waals surface area (Å²) in [5.74, 6) is -3.27. The van der Waals surface area contributed by atoms with Crippen LogP contribution in [0.3, 0.4) is 0 Å². The summed E-state index contributed by atoms with van der Waals surface area (Å²) in [6.07, 6.45) is 0.145. The highest BCUT2D eigenvalue weighted by atomic mass is 16.4. The fourth-order valence-electron chi connectivity index (χ4n) is 1.00.